The van der Waals surface area contributed by atoms with Gasteiger partial charge in [-0.25, -0.2) is 0 Å². The molecular weight excluding hydrogens is 408 g/mol. The lowest BCUT2D eigenvalue weighted by Gasteiger charge is -2.20. The van der Waals surface area contributed by atoms with Gasteiger partial charge in [0.2, 0.25) is 0 Å². The predicted octanol–water partition coefficient (Wildman–Crippen LogP) is 2.83. The first kappa shape index (κ1) is 25.0. The summed E-state index contributed by atoms with van der Waals surface area (Å²) in [6, 6.07) is 7.42. The molecule has 10 heteroatoms. The molecule has 0 fully saturated rings. The molecule has 1 aromatic rings. The monoisotopic (exact) mass is 438 g/mol. The summed E-state index contributed by atoms with van der Waals surface area (Å²) < 4.78 is 71.5. The second kappa shape index (κ2) is 9.64. The van der Waals surface area contributed by atoms with Crippen LogP contribution in [0.3, 0.4) is 0 Å². The standard InChI is InChI=1S/C18H30O8S2/c1-17(2,27(19,20)21)9-11-25-13-15-5-7-16(8-6-15)14-26-12-10-18(3,4)28(22,23)24/h5-8H,9-14H2,1-4H3,(H,19,20,21)(H,22,23,24). The van der Waals surface area contributed by atoms with E-state index in [9.17, 15) is 16.8 Å². The quantitative estimate of drug-likeness (QED) is 0.377. The van der Waals surface area contributed by atoms with Gasteiger partial charge >= 0.3 is 0 Å². The molecule has 8 nitrogen and oxygen atoms in total. The van der Waals surface area contributed by atoms with E-state index in [2.05, 4.69) is 0 Å². The smallest absolute Gasteiger partial charge is 0.270 e. The first-order valence-electron chi connectivity index (χ1n) is 8.83. The van der Waals surface area contributed by atoms with Crippen LogP contribution in [-0.4, -0.2) is 48.6 Å². The Hall–Kier alpha value is -1.04. The molecular formula is C18H30O8S2. The lowest BCUT2D eigenvalue weighted by molar-refractivity contribution is 0.110. The average Bonchev–Trinajstić information content (AvgIpc) is 2.55. The first-order chi connectivity index (χ1) is 12.7. The van der Waals surface area contributed by atoms with Gasteiger partial charge in [0.05, 0.1) is 22.7 Å². The van der Waals surface area contributed by atoms with Crippen LogP contribution in [0.5, 0.6) is 0 Å². The fourth-order valence-corrected chi connectivity index (χ4v) is 2.69. The van der Waals surface area contributed by atoms with Gasteiger partial charge in [-0.1, -0.05) is 24.3 Å². The maximum atomic E-state index is 11.2. The molecule has 0 aliphatic rings. The number of ether oxygens (including phenoxy) is 2. The van der Waals surface area contributed by atoms with Crippen LogP contribution in [0.4, 0.5) is 0 Å². The van der Waals surface area contributed by atoms with Gasteiger partial charge in [0.25, 0.3) is 20.2 Å². The molecule has 0 aliphatic carbocycles. The molecule has 0 radical (unpaired) electrons. The Kier molecular flexibility index (Phi) is 8.61. The van der Waals surface area contributed by atoms with Gasteiger partial charge in [-0.15, -0.1) is 0 Å². The number of benzene rings is 1. The summed E-state index contributed by atoms with van der Waals surface area (Å²) in [6.45, 7) is 6.78. The zero-order valence-corrected chi connectivity index (χ0v) is 18.3. The maximum Gasteiger partial charge on any atom is 0.270 e. The van der Waals surface area contributed by atoms with Crippen molar-refractivity contribution < 1.29 is 35.4 Å². The van der Waals surface area contributed by atoms with Gasteiger partial charge in [-0.2, -0.15) is 16.8 Å². The maximum absolute atomic E-state index is 11.2. The Balaban J connectivity index is 2.36. The minimum Gasteiger partial charge on any atom is -0.377 e. The molecule has 0 saturated heterocycles. The Morgan fingerprint density at radius 2 is 1.00 bits per heavy atom. The van der Waals surface area contributed by atoms with Crippen LogP contribution >= 0.6 is 0 Å². The van der Waals surface area contributed by atoms with Crippen molar-refractivity contribution in [1.29, 1.82) is 0 Å². The normalized spacial score (nSPS) is 13.6. The fourth-order valence-electron chi connectivity index (χ4n) is 2.01. The van der Waals surface area contributed by atoms with Crippen molar-refractivity contribution in [3.63, 3.8) is 0 Å². The Labute approximate surface area is 167 Å². The minimum absolute atomic E-state index is 0.178. The molecule has 0 atom stereocenters. The predicted molar refractivity (Wildman–Crippen MR) is 106 cm³/mol. The second-order valence-corrected chi connectivity index (χ2v) is 12.0. The van der Waals surface area contributed by atoms with E-state index in [1.807, 2.05) is 24.3 Å². The van der Waals surface area contributed by atoms with Crippen LogP contribution in [-0.2, 0) is 42.9 Å². The van der Waals surface area contributed by atoms with Crippen molar-refractivity contribution in [2.75, 3.05) is 13.2 Å². The van der Waals surface area contributed by atoms with Crippen molar-refractivity contribution in [3.8, 4) is 0 Å². The van der Waals surface area contributed by atoms with E-state index in [-0.39, 0.29) is 26.1 Å². The molecule has 0 aromatic heterocycles. The molecule has 2 N–H and O–H groups in total. The fraction of sp³-hybridized carbons (Fsp3) is 0.667. The third kappa shape index (κ3) is 7.76. The van der Waals surface area contributed by atoms with Crippen LogP contribution in [0.2, 0.25) is 0 Å². The van der Waals surface area contributed by atoms with Crippen LogP contribution in [0, 0.1) is 0 Å². The van der Waals surface area contributed by atoms with E-state index in [4.69, 9.17) is 18.6 Å². The van der Waals surface area contributed by atoms with Crippen LogP contribution in [0.1, 0.15) is 51.7 Å². The molecule has 0 bridgehead atoms. The molecule has 0 amide bonds. The van der Waals surface area contributed by atoms with Crippen molar-refractivity contribution in [2.24, 2.45) is 0 Å². The number of hydrogen-bond donors (Lipinski definition) is 2. The van der Waals surface area contributed by atoms with Gasteiger partial charge in [0.15, 0.2) is 0 Å². The van der Waals surface area contributed by atoms with Gasteiger partial charge in [0, 0.05) is 13.2 Å². The molecule has 28 heavy (non-hydrogen) atoms. The molecule has 162 valence electrons. The Morgan fingerprint density at radius 1 is 0.714 bits per heavy atom. The zero-order chi connectivity index (χ0) is 21.6. The highest BCUT2D eigenvalue weighted by atomic mass is 32.2. The summed E-state index contributed by atoms with van der Waals surface area (Å²) in [4.78, 5) is 0. The average molecular weight is 439 g/mol. The molecule has 0 heterocycles. The highest BCUT2D eigenvalue weighted by molar-refractivity contribution is 7.87. The summed E-state index contributed by atoms with van der Waals surface area (Å²) in [5, 5.41) is 0. The van der Waals surface area contributed by atoms with Gasteiger partial charge in [-0.05, 0) is 51.7 Å². The van der Waals surface area contributed by atoms with E-state index in [0.717, 1.165) is 11.1 Å². The summed E-state index contributed by atoms with van der Waals surface area (Å²) in [7, 11) is -8.25. The van der Waals surface area contributed by atoms with E-state index < -0.39 is 29.7 Å². The SMILES string of the molecule is CC(C)(CCOCc1ccc(COCCC(C)(C)S(=O)(=O)O)cc1)S(=O)(=O)O. The lowest BCUT2D eigenvalue weighted by Crippen LogP contribution is -2.32. The number of hydrogen-bond acceptors (Lipinski definition) is 6. The van der Waals surface area contributed by atoms with Crippen molar-refractivity contribution in [2.45, 2.75) is 63.2 Å². The third-order valence-corrected chi connectivity index (χ3v) is 7.86. The summed E-state index contributed by atoms with van der Waals surface area (Å²) in [5.74, 6) is 0. The second-order valence-electron chi connectivity index (χ2n) is 7.89. The molecule has 1 rings (SSSR count). The first-order valence-corrected chi connectivity index (χ1v) is 11.7. The zero-order valence-electron chi connectivity index (χ0n) is 16.7. The van der Waals surface area contributed by atoms with E-state index in [1.165, 1.54) is 27.7 Å². The highest BCUT2D eigenvalue weighted by Crippen LogP contribution is 2.20. The minimum atomic E-state index is -4.12. The molecule has 0 unspecified atom stereocenters. The highest BCUT2D eigenvalue weighted by Gasteiger charge is 2.32. The van der Waals surface area contributed by atoms with E-state index in [0.29, 0.717) is 13.2 Å². The van der Waals surface area contributed by atoms with E-state index >= 15 is 0 Å². The van der Waals surface area contributed by atoms with Crippen molar-refractivity contribution in [1.82, 2.24) is 0 Å². The molecule has 0 spiro atoms. The summed E-state index contributed by atoms with van der Waals surface area (Å²) in [5.41, 5.74) is 1.81. The van der Waals surface area contributed by atoms with Crippen LogP contribution in [0.15, 0.2) is 24.3 Å². The lowest BCUT2D eigenvalue weighted by atomic mass is 10.1. The van der Waals surface area contributed by atoms with Gasteiger partial charge in [-0.3, -0.25) is 9.11 Å². The van der Waals surface area contributed by atoms with Gasteiger partial charge in [0.1, 0.15) is 0 Å². The number of rotatable bonds is 12. The van der Waals surface area contributed by atoms with Crippen LogP contribution < -0.4 is 0 Å². The summed E-state index contributed by atoms with van der Waals surface area (Å²) in [6.07, 6.45) is 0.356. The third-order valence-electron chi connectivity index (χ3n) is 4.65. The molecule has 1 aromatic carbocycles. The van der Waals surface area contributed by atoms with Crippen molar-refractivity contribution >= 4 is 20.2 Å². The Morgan fingerprint density at radius 3 is 1.25 bits per heavy atom. The molecule has 0 aliphatic heterocycles. The van der Waals surface area contributed by atoms with E-state index in [1.54, 1.807) is 0 Å². The summed E-state index contributed by atoms with van der Waals surface area (Å²) >= 11 is 0. The van der Waals surface area contributed by atoms with Gasteiger partial charge < -0.3 is 9.47 Å². The largest absolute Gasteiger partial charge is 0.377 e. The Bertz CT molecular complexity index is 754. The van der Waals surface area contributed by atoms with Crippen molar-refractivity contribution in [3.05, 3.63) is 35.4 Å². The topological polar surface area (TPSA) is 127 Å². The van der Waals surface area contributed by atoms with Crippen LogP contribution in [0.25, 0.3) is 0 Å². The molecule has 0 saturated carbocycles.